The van der Waals surface area contributed by atoms with E-state index in [0.717, 1.165) is 0 Å². The molecule has 1 N–H and O–H groups in total. The topological polar surface area (TPSA) is 20.2 Å². The first-order valence-electron chi connectivity index (χ1n) is 9.78. The number of halogens is 1. The maximum Gasteiger partial charge on any atom is 0.0988 e. The molecular weight excluding hydrogens is 435 g/mol. The molecule has 0 bridgehead atoms. The van der Waals surface area contributed by atoms with Gasteiger partial charge in [0.1, 0.15) is 0 Å². The molecule has 1 nitrogen and oxygen atoms in total. The van der Waals surface area contributed by atoms with E-state index in [2.05, 4.69) is 43.1 Å². The fourth-order valence-electron chi connectivity index (χ4n) is 5.35. The maximum absolute atomic E-state index is 12.1. The van der Waals surface area contributed by atoms with Gasteiger partial charge >= 0.3 is 0 Å². The van der Waals surface area contributed by atoms with Gasteiger partial charge in [-0.3, -0.25) is 0 Å². The Morgan fingerprint density at radius 1 is 0.885 bits per heavy atom. The van der Waals surface area contributed by atoms with Crippen LogP contribution in [0.4, 0.5) is 0 Å². The number of allylic oxidation sites excluding steroid dienone is 4. The van der Waals surface area contributed by atoms with Gasteiger partial charge < -0.3 is 17.5 Å². The van der Waals surface area contributed by atoms with Crippen molar-refractivity contribution < 1.29 is 43.7 Å². The van der Waals surface area contributed by atoms with Gasteiger partial charge in [-0.25, -0.2) is 0 Å². The summed E-state index contributed by atoms with van der Waals surface area (Å²) in [5.41, 5.74) is 7.77. The molecule has 0 aromatic heterocycles. The minimum atomic E-state index is -0.715. The van der Waals surface area contributed by atoms with Gasteiger partial charge in [0, 0.05) is 46.4 Å². The second kappa shape index (κ2) is 9.12. The van der Waals surface area contributed by atoms with E-state index in [9.17, 15) is 5.11 Å². The second-order valence-corrected chi connectivity index (χ2v) is 10.7. The van der Waals surface area contributed by atoms with Crippen molar-refractivity contribution in [3.8, 4) is 0 Å². The summed E-state index contributed by atoms with van der Waals surface area (Å²) in [4.78, 5) is 0. The zero-order chi connectivity index (χ0) is 16.7. The van der Waals surface area contributed by atoms with Crippen LogP contribution in [-0.2, 0) is 26.2 Å². The van der Waals surface area contributed by atoms with Crippen LogP contribution < -0.4 is 12.4 Å². The van der Waals surface area contributed by atoms with Crippen LogP contribution in [0.2, 0.25) is 13.1 Å². The zero-order valence-corrected chi connectivity index (χ0v) is 20.2. The van der Waals surface area contributed by atoms with E-state index in [-0.39, 0.29) is 50.4 Å². The van der Waals surface area contributed by atoms with Crippen LogP contribution in [0.25, 0.3) is 0 Å². The van der Waals surface area contributed by atoms with E-state index in [1.54, 1.807) is 11.1 Å². The fourth-order valence-corrected chi connectivity index (χ4v) is 6.64. The quantitative estimate of drug-likeness (QED) is 0.633. The van der Waals surface area contributed by atoms with Crippen molar-refractivity contribution in [3.05, 3.63) is 46.6 Å². The molecule has 4 rings (SSSR count). The largest absolute Gasteiger partial charge is 1.00 e. The van der Waals surface area contributed by atoms with E-state index in [4.69, 9.17) is 0 Å². The molecule has 0 aromatic carbocycles. The van der Waals surface area contributed by atoms with E-state index in [1.807, 2.05) is 0 Å². The third kappa shape index (κ3) is 3.97. The Morgan fingerprint density at radius 3 is 1.73 bits per heavy atom. The first kappa shape index (κ1) is 22.5. The summed E-state index contributed by atoms with van der Waals surface area (Å²) in [6.07, 6.45) is 19.3. The molecule has 140 valence electrons. The van der Waals surface area contributed by atoms with Crippen LogP contribution in [0, 0.1) is 11.8 Å². The van der Waals surface area contributed by atoms with Crippen LogP contribution in [-0.4, -0.2) is 24.8 Å². The number of rotatable bonds is 3. The first-order chi connectivity index (χ1) is 11.6. The normalized spacial score (nSPS) is 28.7. The molecule has 0 aromatic rings. The molecule has 0 radical (unpaired) electrons. The maximum atomic E-state index is 12.1. The Morgan fingerprint density at radius 2 is 1.31 bits per heavy atom. The Balaban J connectivity index is 0.00000121. The van der Waals surface area contributed by atoms with Crippen molar-refractivity contribution in [2.75, 3.05) is 0 Å². The van der Waals surface area contributed by atoms with Gasteiger partial charge in [0.05, 0.1) is 5.60 Å². The zero-order valence-electron chi connectivity index (χ0n) is 16.0. The third-order valence-corrected chi connectivity index (χ3v) is 7.40. The predicted octanol–water partition coefficient (Wildman–Crippen LogP) is 1.97. The van der Waals surface area contributed by atoms with E-state index in [0.29, 0.717) is 0 Å². The molecule has 0 amide bonds. The van der Waals surface area contributed by atoms with Gasteiger partial charge in [0.2, 0.25) is 0 Å². The fraction of sp³-hybridized carbons (Fsp3) is 0.591. The second-order valence-electron chi connectivity index (χ2n) is 8.30. The molecule has 2 unspecified atom stereocenters. The molecule has 4 aliphatic carbocycles. The molecule has 0 saturated carbocycles. The molecule has 26 heavy (non-hydrogen) atoms. The summed E-state index contributed by atoms with van der Waals surface area (Å²) < 4.78 is 0. The number of aliphatic hydroxyl groups is 1. The molecule has 2 atom stereocenters. The predicted molar refractivity (Wildman–Crippen MR) is 105 cm³/mol. The third-order valence-electron chi connectivity index (χ3n) is 6.36. The van der Waals surface area contributed by atoms with E-state index in [1.165, 1.54) is 62.5 Å². The average Bonchev–Trinajstić information content (AvgIpc) is 3.19. The van der Waals surface area contributed by atoms with Gasteiger partial charge in [-0.15, -0.1) is 0 Å². The van der Waals surface area contributed by atoms with Gasteiger partial charge in [0.15, 0.2) is 0 Å². The van der Waals surface area contributed by atoms with Crippen LogP contribution in [0.3, 0.4) is 0 Å². The van der Waals surface area contributed by atoms with Crippen molar-refractivity contribution in [1.82, 2.24) is 0 Å². The minimum Gasteiger partial charge on any atom is -1.00 e. The molecule has 4 heteroatoms. The Bertz CT molecular complexity index is 649. The minimum absolute atomic E-state index is 0. The summed E-state index contributed by atoms with van der Waals surface area (Å²) in [7, 11) is -0.626. The first-order valence-corrected chi connectivity index (χ1v) is 12.4. The van der Waals surface area contributed by atoms with E-state index >= 15 is 0 Å². The molecule has 0 saturated heterocycles. The Kier molecular flexibility index (Phi) is 7.88. The molecule has 0 spiro atoms. The summed E-state index contributed by atoms with van der Waals surface area (Å²) in [5.74, 6) is 0.409. The molecule has 0 fully saturated rings. The summed E-state index contributed by atoms with van der Waals surface area (Å²) in [6, 6.07) is 0. The van der Waals surface area contributed by atoms with Crippen LogP contribution >= 0.6 is 0 Å². The smallest absolute Gasteiger partial charge is 0.0988 e. The SMILES string of the molecule is C[Si](C)=CC(O)(C1C=CC2=C1CCCC2)C1C=CC2=C1CCCC2.[Cl-].[Zr]. The Hall–Kier alpha value is 0.180. The molecule has 0 heterocycles. The molecule has 0 aliphatic heterocycles. The summed E-state index contributed by atoms with van der Waals surface area (Å²) >= 11 is 0. The monoisotopic (exact) mass is 463 g/mol. The Labute approximate surface area is 185 Å². The molecular formula is C22H30ClOSiZr-. The average molecular weight is 465 g/mol. The van der Waals surface area contributed by atoms with Crippen LogP contribution in [0.15, 0.2) is 46.6 Å². The van der Waals surface area contributed by atoms with Gasteiger partial charge in [-0.05, 0) is 62.5 Å². The van der Waals surface area contributed by atoms with Gasteiger partial charge in [0.25, 0.3) is 0 Å². The van der Waals surface area contributed by atoms with E-state index < -0.39 is 14.0 Å². The molecule has 4 aliphatic rings. The standard InChI is InChI=1S/C22H30OSi.ClH.Zr/c1-24(2)15-22(23,20-13-11-16-7-3-5-9-18(16)20)21-14-12-17-8-4-6-10-19(17)21;;/h11-15,20-21,23H,3-10H2,1-2H3;1H;/p-1. The van der Waals surface area contributed by atoms with Crippen molar-refractivity contribution in [3.63, 3.8) is 0 Å². The van der Waals surface area contributed by atoms with Gasteiger partial charge in [-0.1, -0.05) is 54.2 Å². The number of hydrogen-bond acceptors (Lipinski definition) is 1. The van der Waals surface area contributed by atoms with Crippen molar-refractivity contribution in [1.29, 1.82) is 0 Å². The van der Waals surface area contributed by atoms with Crippen molar-refractivity contribution >= 4 is 14.1 Å². The van der Waals surface area contributed by atoms with Crippen LogP contribution in [0.1, 0.15) is 51.4 Å². The summed E-state index contributed by atoms with van der Waals surface area (Å²) in [6.45, 7) is 4.61. The van der Waals surface area contributed by atoms with Crippen molar-refractivity contribution in [2.24, 2.45) is 11.8 Å². The van der Waals surface area contributed by atoms with Crippen LogP contribution in [0.5, 0.6) is 0 Å². The summed E-state index contributed by atoms with van der Waals surface area (Å²) in [5, 5.41) is 12.1. The van der Waals surface area contributed by atoms with Gasteiger partial charge in [-0.2, -0.15) is 0 Å². The van der Waals surface area contributed by atoms with Crippen molar-refractivity contribution in [2.45, 2.75) is 70.1 Å². The number of hydrogen-bond donors (Lipinski definition) is 1.